The highest BCUT2D eigenvalue weighted by atomic mass is 16.7. The monoisotopic (exact) mass is 183 g/mol. The summed E-state index contributed by atoms with van der Waals surface area (Å²) in [5.74, 6) is 0.166. The average molecular weight is 183 g/mol. The molecule has 0 aliphatic carbocycles. The minimum Gasteiger partial charge on any atom is -0.451 e. The molecule has 0 amide bonds. The molecule has 1 rings (SSSR count). The van der Waals surface area contributed by atoms with Gasteiger partial charge in [-0.1, -0.05) is 6.07 Å². The zero-order valence-electron chi connectivity index (χ0n) is 7.17. The molecule has 0 fully saturated rings. The van der Waals surface area contributed by atoms with E-state index in [1.54, 1.807) is 6.07 Å². The van der Waals surface area contributed by atoms with E-state index in [9.17, 15) is 0 Å². The molecule has 1 aromatic heterocycles. The van der Waals surface area contributed by atoms with Crippen LogP contribution in [0.25, 0.3) is 0 Å². The minimum atomic E-state index is -1.58. The Kier molecular flexibility index (Phi) is 3.69. The predicted molar refractivity (Wildman–Crippen MR) is 46.6 cm³/mol. The number of methoxy groups -OCH3 is 1. The average Bonchev–Trinajstić information content (AvgIpc) is 2.15. The second kappa shape index (κ2) is 4.81. The molecule has 0 atom stereocenters. The standard InChI is InChI=1S/C7H10BNO4/c1-12-5-13-7-6(8(10)11)3-2-4-9-7/h2-4,10-11H,5H2,1H3. The van der Waals surface area contributed by atoms with Crippen molar-refractivity contribution in [3.8, 4) is 5.88 Å². The quantitative estimate of drug-likeness (QED) is 0.450. The van der Waals surface area contributed by atoms with Crippen LogP contribution in [-0.2, 0) is 4.74 Å². The number of hydrogen-bond donors (Lipinski definition) is 2. The van der Waals surface area contributed by atoms with Crippen molar-refractivity contribution in [2.75, 3.05) is 13.9 Å². The zero-order chi connectivity index (χ0) is 9.68. The van der Waals surface area contributed by atoms with Crippen molar-refractivity contribution in [1.29, 1.82) is 0 Å². The molecule has 0 radical (unpaired) electrons. The maximum Gasteiger partial charge on any atom is 0.494 e. The van der Waals surface area contributed by atoms with Crippen LogP contribution in [0.3, 0.4) is 0 Å². The summed E-state index contributed by atoms with van der Waals surface area (Å²) in [6.45, 7) is 0.0245. The van der Waals surface area contributed by atoms with Gasteiger partial charge in [-0.15, -0.1) is 0 Å². The van der Waals surface area contributed by atoms with Gasteiger partial charge in [-0.3, -0.25) is 0 Å². The molecule has 2 N–H and O–H groups in total. The van der Waals surface area contributed by atoms with Crippen molar-refractivity contribution in [2.45, 2.75) is 0 Å². The lowest BCUT2D eigenvalue weighted by molar-refractivity contribution is 0.0485. The molecule has 0 saturated heterocycles. The minimum absolute atomic E-state index is 0.0245. The number of ether oxygens (including phenoxy) is 2. The topological polar surface area (TPSA) is 71.8 Å². The van der Waals surface area contributed by atoms with E-state index in [-0.39, 0.29) is 18.1 Å². The van der Waals surface area contributed by atoms with Gasteiger partial charge in [-0.2, -0.15) is 0 Å². The van der Waals surface area contributed by atoms with Crippen molar-refractivity contribution in [1.82, 2.24) is 4.98 Å². The second-order valence-electron chi connectivity index (χ2n) is 2.32. The lowest BCUT2D eigenvalue weighted by Crippen LogP contribution is -2.32. The van der Waals surface area contributed by atoms with Gasteiger partial charge in [0, 0.05) is 18.8 Å². The summed E-state index contributed by atoms with van der Waals surface area (Å²) >= 11 is 0. The van der Waals surface area contributed by atoms with Crippen molar-refractivity contribution in [2.24, 2.45) is 0 Å². The van der Waals surface area contributed by atoms with Crippen LogP contribution in [0.2, 0.25) is 0 Å². The molecule has 1 aromatic rings. The Morgan fingerprint density at radius 2 is 2.31 bits per heavy atom. The lowest BCUT2D eigenvalue weighted by Gasteiger charge is -2.07. The fourth-order valence-corrected chi connectivity index (χ4v) is 0.835. The Labute approximate surface area is 76.1 Å². The first kappa shape index (κ1) is 9.98. The fourth-order valence-electron chi connectivity index (χ4n) is 0.835. The number of rotatable bonds is 4. The van der Waals surface area contributed by atoms with E-state index in [4.69, 9.17) is 14.8 Å². The largest absolute Gasteiger partial charge is 0.494 e. The normalized spacial score (nSPS) is 9.77. The van der Waals surface area contributed by atoms with Gasteiger partial charge in [0.2, 0.25) is 5.88 Å². The van der Waals surface area contributed by atoms with Crippen LogP contribution >= 0.6 is 0 Å². The van der Waals surface area contributed by atoms with E-state index >= 15 is 0 Å². The van der Waals surface area contributed by atoms with Gasteiger partial charge >= 0.3 is 7.12 Å². The van der Waals surface area contributed by atoms with E-state index < -0.39 is 7.12 Å². The third-order valence-electron chi connectivity index (χ3n) is 1.39. The molecule has 0 saturated carbocycles. The van der Waals surface area contributed by atoms with Crippen molar-refractivity contribution in [3.05, 3.63) is 18.3 Å². The van der Waals surface area contributed by atoms with Gasteiger partial charge in [0.05, 0.1) is 0 Å². The molecule has 0 spiro atoms. The smallest absolute Gasteiger partial charge is 0.451 e. The Morgan fingerprint density at radius 3 is 2.92 bits per heavy atom. The molecule has 0 bridgehead atoms. The van der Waals surface area contributed by atoms with Gasteiger partial charge in [0.15, 0.2) is 6.79 Å². The maximum atomic E-state index is 8.90. The predicted octanol–water partition coefficient (Wildman–Crippen LogP) is -1.26. The second-order valence-corrected chi connectivity index (χ2v) is 2.32. The molecule has 0 aromatic carbocycles. The highest BCUT2D eigenvalue weighted by Crippen LogP contribution is 2.01. The van der Waals surface area contributed by atoms with E-state index in [1.165, 1.54) is 19.4 Å². The van der Waals surface area contributed by atoms with Crippen molar-refractivity contribution >= 4 is 12.6 Å². The zero-order valence-corrected chi connectivity index (χ0v) is 7.17. The summed E-state index contributed by atoms with van der Waals surface area (Å²) in [6.07, 6.45) is 1.50. The van der Waals surface area contributed by atoms with E-state index in [0.29, 0.717) is 0 Å². The summed E-state index contributed by atoms with van der Waals surface area (Å²) in [6, 6.07) is 3.11. The number of hydrogen-bond acceptors (Lipinski definition) is 5. The van der Waals surface area contributed by atoms with E-state index in [0.717, 1.165) is 0 Å². The van der Waals surface area contributed by atoms with Crippen molar-refractivity contribution < 1.29 is 19.5 Å². The fraction of sp³-hybridized carbons (Fsp3) is 0.286. The Balaban J connectivity index is 2.78. The van der Waals surface area contributed by atoms with Crippen molar-refractivity contribution in [3.63, 3.8) is 0 Å². The molecule has 5 nitrogen and oxygen atoms in total. The van der Waals surface area contributed by atoms with Crippen LogP contribution in [0.4, 0.5) is 0 Å². The number of pyridine rings is 1. The first-order valence-electron chi connectivity index (χ1n) is 3.68. The molecule has 1 heterocycles. The van der Waals surface area contributed by atoms with E-state index in [1.807, 2.05) is 0 Å². The first-order valence-corrected chi connectivity index (χ1v) is 3.68. The molecule has 0 unspecified atom stereocenters. The molecule has 13 heavy (non-hydrogen) atoms. The highest BCUT2D eigenvalue weighted by Gasteiger charge is 2.17. The number of nitrogens with zero attached hydrogens (tertiary/aromatic N) is 1. The molecule has 0 aliphatic rings. The first-order chi connectivity index (χ1) is 6.25. The highest BCUT2D eigenvalue weighted by molar-refractivity contribution is 6.59. The summed E-state index contributed by atoms with van der Waals surface area (Å²) < 4.78 is 9.65. The van der Waals surface area contributed by atoms with Gasteiger partial charge in [0.25, 0.3) is 0 Å². The van der Waals surface area contributed by atoms with Crippen LogP contribution in [0.5, 0.6) is 5.88 Å². The molecule has 0 aliphatic heterocycles. The SMILES string of the molecule is COCOc1ncccc1B(O)O. The van der Waals surface area contributed by atoms with Crippen LogP contribution in [-0.4, -0.2) is 36.1 Å². The molecular weight excluding hydrogens is 173 g/mol. The molecule has 6 heteroatoms. The van der Waals surface area contributed by atoms with Crippen LogP contribution in [0.15, 0.2) is 18.3 Å². The molecular formula is C7H10BNO4. The van der Waals surface area contributed by atoms with Gasteiger partial charge in [-0.25, -0.2) is 4.98 Å². The molecule has 70 valence electrons. The van der Waals surface area contributed by atoms with Gasteiger partial charge in [0.1, 0.15) is 0 Å². The van der Waals surface area contributed by atoms with Crippen LogP contribution in [0.1, 0.15) is 0 Å². The summed E-state index contributed by atoms with van der Waals surface area (Å²) in [7, 11) is -0.113. The Morgan fingerprint density at radius 1 is 1.54 bits per heavy atom. The summed E-state index contributed by atoms with van der Waals surface area (Å²) in [5.41, 5.74) is 0.222. The maximum absolute atomic E-state index is 8.90. The Hall–Kier alpha value is -1.11. The van der Waals surface area contributed by atoms with Gasteiger partial charge in [-0.05, 0) is 6.07 Å². The van der Waals surface area contributed by atoms with Crippen LogP contribution in [0, 0.1) is 0 Å². The summed E-state index contributed by atoms with van der Waals surface area (Å²) in [5, 5.41) is 17.8. The lowest BCUT2D eigenvalue weighted by atomic mass is 9.81. The summed E-state index contributed by atoms with van der Waals surface area (Å²) in [4.78, 5) is 3.82. The van der Waals surface area contributed by atoms with Gasteiger partial charge < -0.3 is 19.5 Å². The third-order valence-corrected chi connectivity index (χ3v) is 1.39. The third kappa shape index (κ3) is 2.69. The number of aromatic nitrogens is 1. The van der Waals surface area contributed by atoms with E-state index in [2.05, 4.69) is 9.72 Å². The Bertz CT molecular complexity index is 268. The van der Waals surface area contributed by atoms with Crippen LogP contribution < -0.4 is 10.2 Å².